The summed E-state index contributed by atoms with van der Waals surface area (Å²) < 4.78 is 5.35. The Balaban J connectivity index is 2.16. The molecule has 3 rings (SSSR count). The summed E-state index contributed by atoms with van der Waals surface area (Å²) in [5, 5.41) is 21.7. The number of hydrogen-bond acceptors (Lipinski definition) is 5. The van der Waals surface area contributed by atoms with E-state index in [4.69, 9.17) is 21.4 Å². The van der Waals surface area contributed by atoms with Crippen LogP contribution >= 0.6 is 11.6 Å². The van der Waals surface area contributed by atoms with E-state index in [2.05, 4.69) is 5.32 Å². The number of carboxylic acids is 1. The second kappa shape index (κ2) is 6.50. The molecule has 1 aromatic carbocycles. The molecule has 0 aromatic heterocycles. The number of carbonyl (C=O) groups is 3. The van der Waals surface area contributed by atoms with E-state index >= 15 is 0 Å². The van der Waals surface area contributed by atoms with Gasteiger partial charge in [-0.05, 0) is 24.5 Å². The number of carbonyl (C=O) groups excluding carboxylic acids is 2. The maximum Gasteiger partial charge on any atom is 0.322 e. The van der Waals surface area contributed by atoms with Gasteiger partial charge in [0.25, 0.3) is 5.91 Å². The minimum absolute atomic E-state index is 0.314. The number of aliphatic hydroxyl groups is 1. The minimum Gasteiger partial charge on any atom is -0.506 e. The SMILES string of the molecule is O=C(O)CNC(=O)C1=C(O)c2cccc(Cl)c2C2(CCOCC2)C1=O. The lowest BCUT2D eigenvalue weighted by Crippen LogP contribution is -2.48. The van der Waals surface area contributed by atoms with Crippen molar-refractivity contribution < 1.29 is 29.3 Å². The number of aliphatic carboxylic acids is 1. The van der Waals surface area contributed by atoms with Crippen molar-refractivity contribution in [3.63, 3.8) is 0 Å². The Hall–Kier alpha value is -2.38. The summed E-state index contributed by atoms with van der Waals surface area (Å²) in [6, 6.07) is 4.84. The van der Waals surface area contributed by atoms with E-state index in [0.717, 1.165) is 0 Å². The lowest BCUT2D eigenvalue weighted by molar-refractivity contribution is -0.138. The summed E-state index contributed by atoms with van der Waals surface area (Å²) in [5.41, 5.74) is -0.682. The molecule has 25 heavy (non-hydrogen) atoms. The number of aliphatic hydroxyl groups excluding tert-OH is 1. The number of amides is 1. The topological polar surface area (TPSA) is 113 Å². The second-order valence-electron chi connectivity index (χ2n) is 5.99. The molecule has 1 fully saturated rings. The zero-order valence-electron chi connectivity index (χ0n) is 13.2. The van der Waals surface area contributed by atoms with Crippen molar-refractivity contribution in [2.45, 2.75) is 18.3 Å². The number of fused-ring (bicyclic) bond motifs is 2. The Morgan fingerprint density at radius 2 is 1.96 bits per heavy atom. The van der Waals surface area contributed by atoms with Gasteiger partial charge in [0.05, 0.1) is 5.41 Å². The van der Waals surface area contributed by atoms with Crippen LogP contribution in [0.25, 0.3) is 5.76 Å². The Morgan fingerprint density at radius 3 is 2.60 bits per heavy atom. The van der Waals surface area contributed by atoms with Gasteiger partial charge in [0.1, 0.15) is 17.9 Å². The van der Waals surface area contributed by atoms with Gasteiger partial charge in [-0.1, -0.05) is 23.7 Å². The van der Waals surface area contributed by atoms with Crippen molar-refractivity contribution in [3.8, 4) is 0 Å². The van der Waals surface area contributed by atoms with E-state index in [0.29, 0.717) is 42.2 Å². The van der Waals surface area contributed by atoms with Crippen LogP contribution in [-0.4, -0.2) is 47.6 Å². The van der Waals surface area contributed by atoms with Gasteiger partial charge >= 0.3 is 5.97 Å². The molecule has 0 saturated carbocycles. The molecule has 1 amide bonds. The molecule has 0 unspecified atom stereocenters. The lowest BCUT2D eigenvalue weighted by atomic mass is 9.64. The highest BCUT2D eigenvalue weighted by molar-refractivity contribution is 6.34. The molecule has 1 spiro atoms. The van der Waals surface area contributed by atoms with Crippen LogP contribution in [0, 0.1) is 0 Å². The van der Waals surface area contributed by atoms with Crippen molar-refractivity contribution in [2.75, 3.05) is 19.8 Å². The number of hydrogen-bond donors (Lipinski definition) is 3. The standard InChI is InChI=1S/C17H16ClNO6/c18-10-3-1-2-9-13(10)17(4-6-25-7-5-17)15(23)12(14(9)22)16(24)19-8-11(20)21/h1-3,22H,4-8H2,(H,19,24)(H,20,21). The van der Waals surface area contributed by atoms with Gasteiger partial charge in [-0.2, -0.15) is 0 Å². The van der Waals surface area contributed by atoms with Crippen LogP contribution in [-0.2, 0) is 24.5 Å². The monoisotopic (exact) mass is 365 g/mol. The number of ether oxygens (including phenoxy) is 1. The van der Waals surface area contributed by atoms with Crippen molar-refractivity contribution in [2.24, 2.45) is 0 Å². The van der Waals surface area contributed by atoms with Gasteiger partial charge in [-0.15, -0.1) is 0 Å². The van der Waals surface area contributed by atoms with Crippen LogP contribution in [0.1, 0.15) is 24.0 Å². The molecule has 1 saturated heterocycles. The number of rotatable bonds is 3. The number of carboxylic acid groups (broad SMARTS) is 1. The van der Waals surface area contributed by atoms with E-state index in [1.54, 1.807) is 18.2 Å². The molecule has 7 nitrogen and oxygen atoms in total. The smallest absolute Gasteiger partial charge is 0.322 e. The molecule has 0 radical (unpaired) electrons. The average molecular weight is 366 g/mol. The Kier molecular flexibility index (Phi) is 4.53. The largest absolute Gasteiger partial charge is 0.506 e. The zero-order chi connectivity index (χ0) is 18.2. The molecule has 2 aliphatic rings. The molecule has 1 aliphatic carbocycles. The van der Waals surface area contributed by atoms with Gasteiger partial charge in [0.15, 0.2) is 5.78 Å². The quantitative estimate of drug-likeness (QED) is 0.698. The van der Waals surface area contributed by atoms with Crippen molar-refractivity contribution >= 4 is 35.0 Å². The molecule has 3 N–H and O–H groups in total. The number of ketones is 1. The summed E-state index contributed by atoms with van der Waals surface area (Å²) in [6.07, 6.45) is 0.650. The number of benzene rings is 1. The third kappa shape index (κ3) is 2.79. The summed E-state index contributed by atoms with van der Waals surface area (Å²) in [6.45, 7) is -0.0101. The van der Waals surface area contributed by atoms with Crippen LogP contribution < -0.4 is 5.32 Å². The Bertz CT molecular complexity index is 794. The third-order valence-electron chi connectivity index (χ3n) is 4.62. The molecule has 8 heteroatoms. The lowest BCUT2D eigenvalue weighted by Gasteiger charge is -2.41. The summed E-state index contributed by atoms with van der Waals surface area (Å²) in [5.74, 6) is -3.21. The van der Waals surface area contributed by atoms with E-state index in [1.165, 1.54) is 0 Å². The van der Waals surface area contributed by atoms with Crippen LogP contribution in [0.5, 0.6) is 0 Å². The first-order valence-corrected chi connectivity index (χ1v) is 8.11. The first kappa shape index (κ1) is 17.4. The zero-order valence-corrected chi connectivity index (χ0v) is 13.9. The number of Topliss-reactive ketones (excluding diaryl/α,β-unsaturated/α-hetero) is 1. The predicted octanol–water partition coefficient (Wildman–Crippen LogP) is 1.44. The van der Waals surface area contributed by atoms with Gasteiger partial charge < -0.3 is 20.3 Å². The highest BCUT2D eigenvalue weighted by Gasteiger charge is 2.51. The average Bonchev–Trinajstić information content (AvgIpc) is 2.59. The van der Waals surface area contributed by atoms with E-state index in [9.17, 15) is 19.5 Å². The molecule has 132 valence electrons. The van der Waals surface area contributed by atoms with Crippen molar-refractivity contribution in [3.05, 3.63) is 39.9 Å². The highest BCUT2D eigenvalue weighted by atomic mass is 35.5. The fraction of sp³-hybridized carbons (Fsp3) is 0.353. The first-order chi connectivity index (χ1) is 11.9. The van der Waals surface area contributed by atoms with Gasteiger partial charge in [0, 0.05) is 23.8 Å². The van der Waals surface area contributed by atoms with Crippen molar-refractivity contribution in [1.82, 2.24) is 5.32 Å². The number of halogens is 1. The fourth-order valence-electron chi connectivity index (χ4n) is 3.45. The molecule has 0 atom stereocenters. The van der Waals surface area contributed by atoms with E-state index < -0.39 is 41.0 Å². The molecule has 0 bridgehead atoms. The maximum atomic E-state index is 13.2. The summed E-state index contributed by atoms with van der Waals surface area (Å²) in [4.78, 5) is 36.2. The first-order valence-electron chi connectivity index (χ1n) is 7.73. The summed E-state index contributed by atoms with van der Waals surface area (Å²) in [7, 11) is 0. The van der Waals surface area contributed by atoms with Gasteiger partial charge in [0.2, 0.25) is 0 Å². The van der Waals surface area contributed by atoms with Gasteiger partial charge in [-0.3, -0.25) is 14.4 Å². The van der Waals surface area contributed by atoms with E-state index in [1.807, 2.05) is 0 Å². The van der Waals surface area contributed by atoms with E-state index in [-0.39, 0.29) is 0 Å². The van der Waals surface area contributed by atoms with Crippen LogP contribution in [0.3, 0.4) is 0 Å². The van der Waals surface area contributed by atoms with Gasteiger partial charge in [-0.25, -0.2) is 0 Å². The van der Waals surface area contributed by atoms with Crippen LogP contribution in [0.15, 0.2) is 23.8 Å². The Labute approximate surface area is 148 Å². The third-order valence-corrected chi connectivity index (χ3v) is 4.93. The number of nitrogens with one attached hydrogen (secondary N) is 1. The highest BCUT2D eigenvalue weighted by Crippen LogP contribution is 2.48. The molecular weight excluding hydrogens is 350 g/mol. The second-order valence-corrected chi connectivity index (χ2v) is 6.39. The van der Waals surface area contributed by atoms with Crippen LogP contribution in [0.2, 0.25) is 5.02 Å². The normalized spacial score (nSPS) is 18.8. The fourth-order valence-corrected chi connectivity index (χ4v) is 3.81. The molecule has 1 aromatic rings. The molecule has 1 aliphatic heterocycles. The molecule has 1 heterocycles. The Morgan fingerprint density at radius 1 is 1.28 bits per heavy atom. The molecular formula is C17H16ClNO6. The van der Waals surface area contributed by atoms with Crippen molar-refractivity contribution in [1.29, 1.82) is 0 Å². The predicted molar refractivity (Wildman–Crippen MR) is 88.4 cm³/mol. The maximum absolute atomic E-state index is 13.2. The van der Waals surface area contributed by atoms with Crippen LogP contribution in [0.4, 0.5) is 0 Å². The minimum atomic E-state index is -1.25. The summed E-state index contributed by atoms with van der Waals surface area (Å²) >= 11 is 6.32.